The molecule has 152 valence electrons. The Kier molecular flexibility index (Phi) is 6.60. The topological polar surface area (TPSA) is 55.3 Å². The van der Waals surface area contributed by atoms with Crippen LogP contribution in [-0.2, 0) is 13.1 Å². The molecular formula is C24H29N3O2. The van der Waals surface area contributed by atoms with Gasteiger partial charge in [0.1, 0.15) is 5.75 Å². The van der Waals surface area contributed by atoms with Crippen LogP contribution in [0, 0.1) is 20.8 Å². The summed E-state index contributed by atoms with van der Waals surface area (Å²) in [5, 5.41) is 5.81. The molecule has 5 heteroatoms. The summed E-state index contributed by atoms with van der Waals surface area (Å²) >= 11 is 0. The number of benzene rings is 2. The van der Waals surface area contributed by atoms with Crippen LogP contribution in [0.3, 0.4) is 0 Å². The highest BCUT2D eigenvalue weighted by Gasteiger charge is 2.10. The third-order valence-electron chi connectivity index (χ3n) is 4.96. The molecule has 29 heavy (non-hydrogen) atoms. The van der Waals surface area contributed by atoms with Crippen molar-refractivity contribution >= 4 is 11.7 Å². The molecule has 0 aliphatic rings. The van der Waals surface area contributed by atoms with Gasteiger partial charge in [0.15, 0.2) is 0 Å². The lowest BCUT2D eigenvalue weighted by molar-refractivity contribution is 0.251. The number of urea groups is 1. The molecule has 0 radical (unpaired) electrons. The number of para-hydroxylation sites is 2. The van der Waals surface area contributed by atoms with Crippen LogP contribution in [0.5, 0.6) is 5.75 Å². The molecule has 0 aliphatic heterocycles. The van der Waals surface area contributed by atoms with E-state index in [0.29, 0.717) is 24.6 Å². The van der Waals surface area contributed by atoms with Crippen LogP contribution in [0.25, 0.3) is 0 Å². The number of carbonyl (C=O) groups excluding carboxylic acids is 1. The third kappa shape index (κ3) is 5.19. The smallest absolute Gasteiger partial charge is 0.319 e. The van der Waals surface area contributed by atoms with Crippen molar-refractivity contribution < 1.29 is 9.53 Å². The number of rotatable bonds is 7. The summed E-state index contributed by atoms with van der Waals surface area (Å²) < 4.78 is 7.74. The van der Waals surface area contributed by atoms with Gasteiger partial charge in [0, 0.05) is 18.4 Å². The van der Waals surface area contributed by atoms with Crippen molar-refractivity contribution in [1.29, 1.82) is 0 Å². The van der Waals surface area contributed by atoms with Crippen LogP contribution in [-0.4, -0.2) is 17.2 Å². The predicted octanol–water partition coefficient (Wildman–Crippen LogP) is 5.18. The summed E-state index contributed by atoms with van der Waals surface area (Å²) in [5.41, 5.74) is 6.90. The minimum Gasteiger partial charge on any atom is -0.492 e. The molecule has 0 spiro atoms. The van der Waals surface area contributed by atoms with Crippen LogP contribution in [0.2, 0.25) is 0 Å². The van der Waals surface area contributed by atoms with E-state index in [1.54, 1.807) is 0 Å². The number of nitrogens with one attached hydrogen (secondary N) is 2. The Hall–Kier alpha value is -3.21. The molecule has 0 saturated carbocycles. The average Bonchev–Trinajstić information content (AvgIpc) is 3.12. The van der Waals surface area contributed by atoms with Gasteiger partial charge in [-0.2, -0.15) is 0 Å². The summed E-state index contributed by atoms with van der Waals surface area (Å²) in [4.78, 5) is 12.4. The molecule has 2 N–H and O–H groups in total. The zero-order valence-corrected chi connectivity index (χ0v) is 17.6. The molecule has 5 nitrogen and oxygen atoms in total. The summed E-state index contributed by atoms with van der Waals surface area (Å²) in [6.45, 7) is 10.1. The molecular weight excluding hydrogens is 362 g/mol. The lowest BCUT2D eigenvalue weighted by Gasteiger charge is -2.16. The number of hydrogen-bond acceptors (Lipinski definition) is 2. The Balaban J connectivity index is 1.65. The summed E-state index contributed by atoms with van der Waals surface area (Å²) in [6, 6.07) is 15.6. The van der Waals surface area contributed by atoms with Crippen LogP contribution in [0.15, 0.2) is 54.7 Å². The van der Waals surface area contributed by atoms with Crippen molar-refractivity contribution in [2.24, 2.45) is 0 Å². The first-order valence-corrected chi connectivity index (χ1v) is 9.95. The van der Waals surface area contributed by atoms with Crippen LogP contribution >= 0.6 is 0 Å². The number of aryl methyl sites for hydroxylation is 3. The number of anilines is 1. The molecule has 3 aromatic rings. The fraction of sp³-hybridized carbons (Fsp3) is 0.292. The fourth-order valence-electron chi connectivity index (χ4n) is 3.58. The highest BCUT2D eigenvalue weighted by molar-refractivity contribution is 5.90. The van der Waals surface area contributed by atoms with Gasteiger partial charge in [0.2, 0.25) is 0 Å². The zero-order chi connectivity index (χ0) is 20.8. The van der Waals surface area contributed by atoms with E-state index in [1.165, 1.54) is 22.3 Å². The van der Waals surface area contributed by atoms with Gasteiger partial charge in [-0.25, -0.2) is 4.79 Å². The Morgan fingerprint density at radius 2 is 1.76 bits per heavy atom. The van der Waals surface area contributed by atoms with Gasteiger partial charge in [-0.15, -0.1) is 0 Å². The molecule has 0 saturated heterocycles. The normalized spacial score (nSPS) is 10.6. The molecule has 1 heterocycles. The molecule has 3 rings (SSSR count). The number of carbonyl (C=O) groups is 1. The quantitative estimate of drug-likeness (QED) is 0.583. The van der Waals surface area contributed by atoms with Crippen LogP contribution in [0.1, 0.15) is 34.9 Å². The van der Waals surface area contributed by atoms with E-state index in [-0.39, 0.29) is 6.03 Å². The first kappa shape index (κ1) is 20.5. The van der Waals surface area contributed by atoms with Gasteiger partial charge in [-0.05, 0) is 68.7 Å². The van der Waals surface area contributed by atoms with E-state index in [4.69, 9.17) is 4.74 Å². The maximum atomic E-state index is 12.4. The average molecular weight is 392 g/mol. The SMILES string of the molecule is CCOc1ccccc1NC(=O)NCc1cccn1Cc1c(C)cc(C)cc1C. The van der Waals surface area contributed by atoms with E-state index in [0.717, 1.165) is 12.2 Å². The first-order chi connectivity index (χ1) is 14.0. The standard InChI is InChI=1S/C24H29N3O2/c1-5-29-23-11-7-6-10-22(23)26-24(28)25-15-20-9-8-12-27(20)16-21-18(3)13-17(2)14-19(21)4/h6-14H,5,15-16H2,1-4H3,(H2,25,26,28). The Morgan fingerprint density at radius 3 is 2.48 bits per heavy atom. The maximum Gasteiger partial charge on any atom is 0.319 e. The number of nitrogens with zero attached hydrogens (tertiary/aromatic N) is 1. The number of ether oxygens (including phenoxy) is 1. The summed E-state index contributed by atoms with van der Waals surface area (Å²) in [6.07, 6.45) is 2.05. The van der Waals surface area contributed by atoms with E-state index < -0.39 is 0 Å². The van der Waals surface area contributed by atoms with E-state index >= 15 is 0 Å². The van der Waals surface area contributed by atoms with Gasteiger partial charge in [-0.3, -0.25) is 0 Å². The molecule has 0 aliphatic carbocycles. The van der Waals surface area contributed by atoms with Crippen LogP contribution < -0.4 is 15.4 Å². The number of aromatic nitrogens is 1. The first-order valence-electron chi connectivity index (χ1n) is 9.95. The van der Waals surface area contributed by atoms with E-state index in [2.05, 4.69) is 54.3 Å². The second-order valence-corrected chi connectivity index (χ2v) is 7.24. The maximum absolute atomic E-state index is 12.4. The molecule has 1 aromatic heterocycles. The van der Waals surface area contributed by atoms with Crippen molar-refractivity contribution in [2.45, 2.75) is 40.8 Å². The van der Waals surface area contributed by atoms with Crippen molar-refractivity contribution in [3.05, 3.63) is 82.7 Å². The highest BCUT2D eigenvalue weighted by atomic mass is 16.5. The minimum absolute atomic E-state index is 0.257. The predicted molar refractivity (Wildman–Crippen MR) is 118 cm³/mol. The lowest BCUT2D eigenvalue weighted by Crippen LogP contribution is -2.29. The van der Waals surface area contributed by atoms with Gasteiger partial charge in [-0.1, -0.05) is 29.8 Å². The van der Waals surface area contributed by atoms with Crippen LogP contribution in [0.4, 0.5) is 10.5 Å². The van der Waals surface area contributed by atoms with Crippen molar-refractivity contribution in [3.8, 4) is 5.75 Å². The number of amides is 2. The highest BCUT2D eigenvalue weighted by Crippen LogP contribution is 2.23. The lowest BCUT2D eigenvalue weighted by atomic mass is 10.00. The monoisotopic (exact) mass is 391 g/mol. The Bertz CT molecular complexity index is 968. The Morgan fingerprint density at radius 1 is 1.03 bits per heavy atom. The van der Waals surface area contributed by atoms with Gasteiger partial charge < -0.3 is 19.9 Å². The van der Waals surface area contributed by atoms with Crippen molar-refractivity contribution in [3.63, 3.8) is 0 Å². The van der Waals surface area contributed by atoms with Crippen molar-refractivity contribution in [1.82, 2.24) is 9.88 Å². The second kappa shape index (κ2) is 9.32. The number of hydrogen-bond donors (Lipinski definition) is 2. The molecule has 0 atom stereocenters. The molecule has 2 aromatic carbocycles. The van der Waals surface area contributed by atoms with Crippen molar-refractivity contribution in [2.75, 3.05) is 11.9 Å². The fourth-order valence-corrected chi connectivity index (χ4v) is 3.58. The van der Waals surface area contributed by atoms with Gasteiger partial charge in [0.25, 0.3) is 0 Å². The summed E-state index contributed by atoms with van der Waals surface area (Å²) in [7, 11) is 0. The zero-order valence-electron chi connectivity index (χ0n) is 17.6. The molecule has 2 amide bonds. The molecule has 0 bridgehead atoms. The largest absolute Gasteiger partial charge is 0.492 e. The van der Waals surface area contributed by atoms with E-state index in [1.807, 2.05) is 43.3 Å². The second-order valence-electron chi connectivity index (χ2n) is 7.24. The van der Waals surface area contributed by atoms with Gasteiger partial charge >= 0.3 is 6.03 Å². The minimum atomic E-state index is -0.257. The third-order valence-corrected chi connectivity index (χ3v) is 4.96. The summed E-state index contributed by atoms with van der Waals surface area (Å²) in [5.74, 6) is 0.666. The van der Waals surface area contributed by atoms with Gasteiger partial charge in [0.05, 0.1) is 18.8 Å². The van der Waals surface area contributed by atoms with E-state index in [9.17, 15) is 4.79 Å². The Labute approximate surface area is 172 Å². The molecule has 0 unspecified atom stereocenters. The molecule has 0 fully saturated rings.